The molecule has 0 saturated carbocycles. The van der Waals surface area contributed by atoms with Gasteiger partial charge in [-0.25, -0.2) is 0 Å². The second-order valence-corrected chi connectivity index (χ2v) is 11.5. The molecule has 4 heterocycles. The molecule has 48 heavy (non-hydrogen) atoms. The van der Waals surface area contributed by atoms with Crippen molar-refractivity contribution >= 4 is 74.2 Å². The summed E-state index contributed by atoms with van der Waals surface area (Å²) in [5, 5.41) is 31.4. The average Bonchev–Trinajstić information content (AvgIpc) is 3.80. The molecule has 0 fully saturated rings. The first-order chi connectivity index (χ1) is 22.7. The van der Waals surface area contributed by atoms with E-state index in [0.29, 0.717) is 39.4 Å². The zero-order chi connectivity index (χ0) is 35.3. The third-order valence-corrected chi connectivity index (χ3v) is 7.61. The quantitative estimate of drug-likeness (QED) is 0.0339. The first kappa shape index (κ1) is 34.8. The van der Waals surface area contributed by atoms with Crippen LogP contribution < -0.4 is 32.3 Å². The maximum absolute atomic E-state index is 13.1. The molecule has 19 heteroatoms. The Hall–Kier alpha value is -6.11. The smallest absolute Gasteiger partial charge is 0.274 e. The Morgan fingerprint density at radius 2 is 1.42 bits per heavy atom. The van der Waals surface area contributed by atoms with Crippen LogP contribution in [0.3, 0.4) is 0 Å². The number of amidine groups is 1. The van der Waals surface area contributed by atoms with Crippen LogP contribution in [0.25, 0.3) is 0 Å². The lowest BCUT2D eigenvalue weighted by Gasteiger charge is -2.07. The van der Waals surface area contributed by atoms with Crippen LogP contribution >= 0.6 is 15.9 Å². The van der Waals surface area contributed by atoms with Crippen molar-refractivity contribution < 1.29 is 29.2 Å². The zero-order valence-corrected chi connectivity index (χ0v) is 27.8. The minimum Gasteiger partial charge on any atom is -0.409 e. The summed E-state index contributed by atoms with van der Waals surface area (Å²) in [6, 6.07) is 1.46. The Balaban J connectivity index is 1.38. The minimum absolute atomic E-state index is 0.0250. The van der Waals surface area contributed by atoms with E-state index in [-0.39, 0.29) is 51.9 Å². The summed E-state index contributed by atoms with van der Waals surface area (Å²) in [5.74, 6) is -2.40. The van der Waals surface area contributed by atoms with Gasteiger partial charge in [0.25, 0.3) is 29.5 Å². The summed E-state index contributed by atoms with van der Waals surface area (Å²) in [6.45, 7) is 10.2. The van der Waals surface area contributed by atoms with Crippen molar-refractivity contribution in [1.29, 1.82) is 0 Å². The van der Waals surface area contributed by atoms with Crippen molar-refractivity contribution in [3.05, 3.63) is 74.7 Å². The second-order valence-electron chi connectivity index (χ2n) is 10.5. The van der Waals surface area contributed by atoms with Crippen LogP contribution in [-0.4, -0.2) is 72.3 Å². The molecule has 4 aromatic rings. The Bertz CT molecular complexity index is 1960. The molecule has 4 aromatic heterocycles. The standard InChI is InChI=1S/C29H33BrN12O6/c1-11-19(10-33-21(11)27(45)32-7-6-20(31)42-48)38-28(46)22-12(2)18(9-34-22)37-26(44)17-8-16(15(5)35-17)36-29(47)23-13(3)24(41-40-23)39-25(43)14(4)30/h8-10,33-35,48H,4,6-7H2,1-3,5H3,(H2,31,42)(H,32,45)(H,36,47)(H,37,44)(H,38,46)(H2,39,40,41,43). The highest BCUT2D eigenvalue weighted by Gasteiger charge is 2.23. The van der Waals surface area contributed by atoms with Gasteiger partial charge in [0.1, 0.15) is 28.6 Å². The number of oxime groups is 1. The van der Waals surface area contributed by atoms with E-state index in [0.717, 1.165) is 0 Å². The molecule has 252 valence electrons. The van der Waals surface area contributed by atoms with Crippen molar-refractivity contribution in [3.8, 4) is 0 Å². The Kier molecular flexibility index (Phi) is 10.5. The van der Waals surface area contributed by atoms with Gasteiger partial charge in [0.2, 0.25) is 0 Å². The number of aryl methyl sites for hydroxylation is 1. The summed E-state index contributed by atoms with van der Waals surface area (Å²) >= 11 is 2.98. The molecule has 0 aliphatic carbocycles. The van der Waals surface area contributed by atoms with Crippen molar-refractivity contribution in [2.24, 2.45) is 10.9 Å². The molecule has 4 rings (SSSR count). The molecule has 0 aliphatic heterocycles. The number of anilines is 4. The molecule has 12 N–H and O–H groups in total. The number of rotatable bonds is 12. The average molecular weight is 726 g/mol. The first-order valence-electron chi connectivity index (χ1n) is 14.2. The molecule has 18 nitrogen and oxygen atoms in total. The van der Waals surface area contributed by atoms with E-state index in [4.69, 9.17) is 10.9 Å². The van der Waals surface area contributed by atoms with Gasteiger partial charge >= 0.3 is 0 Å². The van der Waals surface area contributed by atoms with Gasteiger partial charge in [-0.05, 0) is 49.7 Å². The minimum atomic E-state index is -0.548. The van der Waals surface area contributed by atoms with E-state index in [1.54, 1.807) is 27.7 Å². The molecular weight excluding hydrogens is 692 g/mol. The van der Waals surface area contributed by atoms with E-state index < -0.39 is 29.5 Å². The number of halogens is 1. The van der Waals surface area contributed by atoms with Gasteiger partial charge in [-0.15, -0.1) is 0 Å². The predicted octanol–water partition coefficient (Wildman–Crippen LogP) is 3.10. The Morgan fingerprint density at radius 1 is 0.854 bits per heavy atom. The topological polar surface area (TPSA) is 280 Å². The number of nitrogens with one attached hydrogen (secondary N) is 9. The molecule has 0 atom stereocenters. The molecule has 0 bridgehead atoms. The van der Waals surface area contributed by atoms with Crippen LogP contribution in [0.1, 0.15) is 70.8 Å². The van der Waals surface area contributed by atoms with Crippen molar-refractivity contribution in [1.82, 2.24) is 30.5 Å². The lowest BCUT2D eigenvalue weighted by Crippen LogP contribution is -2.28. The summed E-state index contributed by atoms with van der Waals surface area (Å²) in [4.78, 5) is 72.2. The van der Waals surface area contributed by atoms with Gasteiger partial charge in [-0.2, -0.15) is 5.10 Å². The zero-order valence-electron chi connectivity index (χ0n) is 26.2. The van der Waals surface area contributed by atoms with E-state index in [1.807, 2.05) is 0 Å². The summed E-state index contributed by atoms with van der Waals surface area (Å²) in [5.41, 5.74) is 8.95. The number of nitrogens with zero attached hydrogens (tertiary/aromatic N) is 2. The van der Waals surface area contributed by atoms with Crippen LogP contribution in [0, 0.1) is 27.7 Å². The molecule has 0 radical (unpaired) electrons. The normalized spacial score (nSPS) is 11.1. The van der Waals surface area contributed by atoms with Crippen molar-refractivity contribution in [2.45, 2.75) is 34.1 Å². The van der Waals surface area contributed by atoms with Crippen LogP contribution in [0.15, 0.2) is 34.7 Å². The second kappa shape index (κ2) is 14.5. The van der Waals surface area contributed by atoms with Crippen LogP contribution in [0.4, 0.5) is 22.9 Å². The van der Waals surface area contributed by atoms with Crippen LogP contribution in [0.5, 0.6) is 0 Å². The van der Waals surface area contributed by atoms with Gasteiger partial charge in [-0.1, -0.05) is 11.7 Å². The summed E-state index contributed by atoms with van der Waals surface area (Å²) in [6.07, 6.45) is 3.10. The lowest BCUT2D eigenvalue weighted by atomic mass is 10.2. The highest BCUT2D eigenvalue weighted by molar-refractivity contribution is 9.12. The molecule has 0 saturated heterocycles. The highest BCUT2D eigenvalue weighted by Crippen LogP contribution is 2.25. The Labute approximate surface area is 280 Å². The number of hydrogen-bond acceptors (Lipinski definition) is 8. The maximum atomic E-state index is 13.1. The van der Waals surface area contributed by atoms with E-state index >= 15 is 0 Å². The summed E-state index contributed by atoms with van der Waals surface area (Å²) in [7, 11) is 0. The van der Waals surface area contributed by atoms with Gasteiger partial charge in [0.05, 0.1) is 21.5 Å². The van der Waals surface area contributed by atoms with Gasteiger partial charge < -0.3 is 52.5 Å². The van der Waals surface area contributed by atoms with Gasteiger partial charge in [0, 0.05) is 47.7 Å². The fourth-order valence-electron chi connectivity index (χ4n) is 4.45. The lowest BCUT2D eigenvalue weighted by molar-refractivity contribution is -0.112. The fourth-order valence-corrected chi connectivity index (χ4v) is 4.55. The van der Waals surface area contributed by atoms with Gasteiger partial charge in [-0.3, -0.25) is 29.1 Å². The monoisotopic (exact) mass is 724 g/mol. The van der Waals surface area contributed by atoms with E-state index in [1.165, 1.54) is 18.5 Å². The molecule has 0 unspecified atom stereocenters. The molecule has 0 spiro atoms. The molecule has 5 amide bonds. The third kappa shape index (κ3) is 7.64. The van der Waals surface area contributed by atoms with Gasteiger partial charge in [0.15, 0.2) is 5.82 Å². The largest absolute Gasteiger partial charge is 0.409 e. The number of aromatic amines is 4. The van der Waals surface area contributed by atoms with Crippen molar-refractivity contribution in [3.63, 3.8) is 0 Å². The number of amides is 5. The third-order valence-electron chi connectivity index (χ3n) is 7.25. The number of aromatic nitrogens is 5. The first-order valence-corrected chi connectivity index (χ1v) is 15.0. The molecule has 0 aromatic carbocycles. The summed E-state index contributed by atoms with van der Waals surface area (Å²) < 4.78 is 0.0955. The number of hydrogen-bond donors (Lipinski definition) is 11. The number of nitrogens with two attached hydrogens (primary N) is 1. The SMILES string of the molecule is C=C(Br)C(=O)Nc1n[nH]c(C(=O)Nc2cc(C(=O)Nc3c[nH]c(C(=O)Nc4c[nH]c(C(=O)NCCC(N)=NO)c4C)c3C)[nH]c2C)c1C. The molecule has 0 aliphatic rings. The predicted molar refractivity (Wildman–Crippen MR) is 181 cm³/mol. The Morgan fingerprint density at radius 3 is 2.02 bits per heavy atom. The van der Waals surface area contributed by atoms with Crippen molar-refractivity contribution in [2.75, 3.05) is 27.8 Å². The fraction of sp³-hybridized carbons (Fsp3) is 0.207. The molecular formula is C29H33BrN12O6. The van der Waals surface area contributed by atoms with E-state index in [9.17, 15) is 24.0 Å². The van der Waals surface area contributed by atoms with E-state index in [2.05, 4.69) is 79.4 Å². The maximum Gasteiger partial charge on any atom is 0.274 e. The van der Waals surface area contributed by atoms with Crippen LogP contribution in [0.2, 0.25) is 0 Å². The highest BCUT2D eigenvalue weighted by atomic mass is 79.9. The number of carbonyl (C=O) groups is 5. The number of H-pyrrole nitrogens is 4. The number of carbonyl (C=O) groups excluding carboxylic acids is 5. The van der Waals surface area contributed by atoms with Crippen LogP contribution in [-0.2, 0) is 4.79 Å².